The smallest absolute Gasteiger partial charge is 0.151 e. The fourth-order valence-electron chi connectivity index (χ4n) is 1.65. The molecule has 0 aliphatic rings. The van der Waals surface area contributed by atoms with Crippen LogP contribution in [0.4, 0.5) is 0 Å². The van der Waals surface area contributed by atoms with Crippen LogP contribution in [0, 0.1) is 13.8 Å². The van der Waals surface area contributed by atoms with E-state index >= 15 is 0 Å². The van der Waals surface area contributed by atoms with Crippen LogP contribution in [-0.2, 0) is 6.61 Å². The number of halogens is 1. The molecule has 2 N–H and O–H groups in total. The van der Waals surface area contributed by atoms with E-state index in [1.54, 1.807) is 24.6 Å². The fraction of sp³-hybridized carbons (Fsp3) is 0.250. The van der Waals surface area contributed by atoms with Crippen molar-refractivity contribution in [2.45, 2.75) is 20.5 Å². The molecule has 1 aromatic carbocycles. The van der Waals surface area contributed by atoms with E-state index in [0.29, 0.717) is 27.8 Å². The van der Waals surface area contributed by atoms with Gasteiger partial charge in [0.1, 0.15) is 5.75 Å². The van der Waals surface area contributed by atoms with Crippen molar-refractivity contribution < 1.29 is 10.2 Å². The highest BCUT2D eigenvalue weighted by molar-refractivity contribution is 6.31. The summed E-state index contributed by atoms with van der Waals surface area (Å²) in [6, 6.07) is 3.07. The second kappa shape index (κ2) is 5.38. The third-order valence-corrected chi connectivity index (χ3v) is 2.84. The Morgan fingerprint density at radius 1 is 1.32 bits per heavy atom. The van der Waals surface area contributed by atoms with Gasteiger partial charge in [-0.25, -0.2) is 4.68 Å². The van der Waals surface area contributed by atoms with Gasteiger partial charge in [0.25, 0.3) is 0 Å². The maximum atomic E-state index is 9.93. The summed E-state index contributed by atoms with van der Waals surface area (Å²) in [7, 11) is 0. The summed E-state index contributed by atoms with van der Waals surface area (Å²) in [5, 5.41) is 31.4. The lowest BCUT2D eigenvalue weighted by atomic mass is 10.1. The second-order valence-electron chi connectivity index (χ2n) is 4.01. The van der Waals surface area contributed by atoms with Crippen LogP contribution in [0.1, 0.15) is 22.8 Å². The Hall–Kier alpha value is -1.92. The van der Waals surface area contributed by atoms with E-state index in [0.717, 1.165) is 0 Å². The van der Waals surface area contributed by atoms with Crippen molar-refractivity contribution in [2.75, 3.05) is 0 Å². The Morgan fingerprint density at radius 2 is 1.95 bits per heavy atom. The molecule has 1 aromatic heterocycles. The fourth-order valence-corrected chi connectivity index (χ4v) is 1.90. The summed E-state index contributed by atoms with van der Waals surface area (Å²) in [5.41, 5.74) is 0.773. The molecule has 0 saturated heterocycles. The van der Waals surface area contributed by atoms with E-state index in [-0.39, 0.29) is 12.4 Å². The molecule has 0 atom stereocenters. The third kappa shape index (κ3) is 2.74. The highest BCUT2D eigenvalue weighted by Gasteiger charge is 2.08. The number of rotatable bonds is 3. The van der Waals surface area contributed by atoms with Crippen LogP contribution in [-0.4, -0.2) is 31.3 Å². The number of hydrogen-bond acceptors (Lipinski definition) is 5. The van der Waals surface area contributed by atoms with Crippen LogP contribution in [0.25, 0.3) is 0 Å². The zero-order valence-electron chi connectivity index (χ0n) is 10.5. The molecule has 19 heavy (non-hydrogen) atoms. The number of aromatic hydroxyl groups is 1. The van der Waals surface area contributed by atoms with Gasteiger partial charge in [0.2, 0.25) is 0 Å². The van der Waals surface area contributed by atoms with Crippen molar-refractivity contribution >= 4 is 17.8 Å². The normalized spacial score (nSPS) is 11.4. The molecule has 0 fully saturated rings. The Morgan fingerprint density at radius 3 is 2.53 bits per heavy atom. The molecule has 0 aliphatic carbocycles. The van der Waals surface area contributed by atoms with E-state index < -0.39 is 0 Å². The number of aliphatic hydroxyl groups is 1. The van der Waals surface area contributed by atoms with Gasteiger partial charge >= 0.3 is 0 Å². The monoisotopic (exact) mass is 280 g/mol. The predicted molar refractivity (Wildman–Crippen MR) is 71.5 cm³/mol. The van der Waals surface area contributed by atoms with Crippen LogP contribution in [0.5, 0.6) is 5.75 Å². The first-order valence-corrected chi connectivity index (χ1v) is 5.96. The SMILES string of the molecule is Cc1nnc(C)n1/N=C/c1cc(Cl)cc(CO)c1O. The van der Waals surface area contributed by atoms with Gasteiger partial charge in [-0.1, -0.05) is 11.6 Å². The van der Waals surface area contributed by atoms with Gasteiger partial charge in [0.05, 0.1) is 12.8 Å². The minimum absolute atomic E-state index is 0.0426. The van der Waals surface area contributed by atoms with Crippen LogP contribution >= 0.6 is 11.6 Å². The van der Waals surface area contributed by atoms with Crippen molar-refractivity contribution in [3.05, 3.63) is 39.9 Å². The molecule has 0 unspecified atom stereocenters. The quantitative estimate of drug-likeness (QED) is 0.837. The van der Waals surface area contributed by atoms with Gasteiger partial charge in [0, 0.05) is 16.1 Å². The topological polar surface area (TPSA) is 83.5 Å². The number of aryl methyl sites for hydroxylation is 2. The highest BCUT2D eigenvalue weighted by atomic mass is 35.5. The Balaban J connectivity index is 2.41. The zero-order chi connectivity index (χ0) is 14.0. The Bertz CT molecular complexity index is 617. The molecule has 2 rings (SSSR count). The number of hydrogen-bond donors (Lipinski definition) is 2. The molecule has 7 heteroatoms. The summed E-state index contributed by atoms with van der Waals surface area (Å²) < 4.78 is 1.54. The molecule has 1 heterocycles. The van der Waals surface area contributed by atoms with Crippen molar-refractivity contribution in [1.82, 2.24) is 14.9 Å². The molecule has 6 nitrogen and oxygen atoms in total. The van der Waals surface area contributed by atoms with Crippen molar-refractivity contribution in [3.63, 3.8) is 0 Å². The number of aromatic nitrogens is 3. The molecule has 0 spiro atoms. The Kier molecular flexibility index (Phi) is 3.82. The lowest BCUT2D eigenvalue weighted by molar-refractivity contribution is 0.275. The lowest BCUT2D eigenvalue weighted by Crippen LogP contribution is -1.97. The van der Waals surface area contributed by atoms with Crippen molar-refractivity contribution in [1.29, 1.82) is 0 Å². The lowest BCUT2D eigenvalue weighted by Gasteiger charge is -2.05. The largest absolute Gasteiger partial charge is 0.507 e. The molecular formula is C12H13ClN4O2. The zero-order valence-corrected chi connectivity index (χ0v) is 11.3. The molecule has 0 bridgehead atoms. The molecule has 0 aliphatic heterocycles. The molecular weight excluding hydrogens is 268 g/mol. The summed E-state index contributed by atoms with van der Waals surface area (Å²) in [6.07, 6.45) is 1.45. The first-order chi connectivity index (χ1) is 9.02. The number of aliphatic hydroxyl groups excluding tert-OH is 1. The van der Waals surface area contributed by atoms with Crippen LogP contribution in [0.15, 0.2) is 17.2 Å². The summed E-state index contributed by atoms with van der Waals surface area (Å²) in [5.74, 6) is 1.23. The van der Waals surface area contributed by atoms with Gasteiger partial charge < -0.3 is 10.2 Å². The average molecular weight is 281 g/mol. The van der Waals surface area contributed by atoms with E-state index in [4.69, 9.17) is 16.7 Å². The van der Waals surface area contributed by atoms with E-state index in [1.807, 2.05) is 0 Å². The maximum Gasteiger partial charge on any atom is 0.151 e. The van der Waals surface area contributed by atoms with Crippen molar-refractivity contribution in [2.24, 2.45) is 5.10 Å². The number of benzene rings is 1. The third-order valence-electron chi connectivity index (χ3n) is 2.62. The first-order valence-electron chi connectivity index (χ1n) is 5.58. The minimum atomic E-state index is -0.294. The highest BCUT2D eigenvalue weighted by Crippen LogP contribution is 2.26. The first kappa shape index (κ1) is 13.5. The molecule has 0 amide bonds. The van der Waals surface area contributed by atoms with Gasteiger partial charge in [-0.2, -0.15) is 5.10 Å². The number of nitrogens with zero attached hydrogens (tertiary/aromatic N) is 4. The Labute approximate surface area is 115 Å². The van der Waals surface area contributed by atoms with E-state index in [2.05, 4.69) is 15.3 Å². The predicted octanol–water partition coefficient (Wildman–Crippen LogP) is 1.63. The summed E-state index contributed by atoms with van der Waals surface area (Å²) >= 11 is 5.91. The summed E-state index contributed by atoms with van der Waals surface area (Å²) in [6.45, 7) is 3.25. The maximum absolute atomic E-state index is 9.93. The minimum Gasteiger partial charge on any atom is -0.507 e. The standard InChI is InChI=1S/C12H13ClN4O2/c1-7-15-16-8(2)17(7)14-5-9-3-11(13)4-10(6-18)12(9)19/h3-5,18-19H,6H2,1-2H3/b14-5+. The molecule has 100 valence electrons. The van der Waals surface area contributed by atoms with Gasteiger partial charge in [-0.3, -0.25) is 0 Å². The average Bonchev–Trinajstić information content (AvgIpc) is 2.70. The van der Waals surface area contributed by atoms with Crippen molar-refractivity contribution in [3.8, 4) is 5.75 Å². The van der Waals surface area contributed by atoms with Crippen LogP contribution < -0.4 is 0 Å². The van der Waals surface area contributed by atoms with E-state index in [1.165, 1.54) is 12.3 Å². The molecule has 2 aromatic rings. The summed E-state index contributed by atoms with van der Waals surface area (Å²) in [4.78, 5) is 0. The molecule has 0 saturated carbocycles. The number of phenols is 1. The second-order valence-corrected chi connectivity index (χ2v) is 4.45. The van der Waals surface area contributed by atoms with Gasteiger partial charge in [-0.15, -0.1) is 10.2 Å². The van der Waals surface area contributed by atoms with Crippen LogP contribution in [0.2, 0.25) is 5.02 Å². The van der Waals surface area contributed by atoms with E-state index in [9.17, 15) is 5.11 Å². The van der Waals surface area contributed by atoms with Crippen LogP contribution in [0.3, 0.4) is 0 Å². The van der Waals surface area contributed by atoms with Gasteiger partial charge in [0.15, 0.2) is 11.6 Å². The molecule has 0 radical (unpaired) electrons. The van der Waals surface area contributed by atoms with Gasteiger partial charge in [-0.05, 0) is 26.0 Å².